The summed E-state index contributed by atoms with van der Waals surface area (Å²) in [4.78, 5) is 9.17. The number of rotatable bonds is 5. The quantitative estimate of drug-likeness (QED) is 0.183. The molecule has 0 saturated heterocycles. The molecule has 4 heterocycles. The van der Waals surface area contributed by atoms with Gasteiger partial charge in [-0.1, -0.05) is 56.6 Å². The Balaban J connectivity index is 1.23. The molecule has 1 aliphatic rings. The van der Waals surface area contributed by atoms with Crippen LogP contribution in [0.5, 0.6) is 11.5 Å². The Bertz CT molecular complexity index is 2690. The van der Waals surface area contributed by atoms with Gasteiger partial charge in [0.1, 0.15) is 17.3 Å². The number of benzene rings is 4. The number of para-hydroxylation sites is 2. The van der Waals surface area contributed by atoms with E-state index in [4.69, 9.17) is 19.3 Å². The van der Waals surface area contributed by atoms with Gasteiger partial charge in [0.25, 0.3) is 11.4 Å². The highest BCUT2D eigenvalue weighted by Gasteiger charge is 2.36. The summed E-state index contributed by atoms with van der Waals surface area (Å²) in [6, 6.07) is 27.8. The summed E-state index contributed by atoms with van der Waals surface area (Å²) in [5.74, 6) is 1.93. The molecular formula is C40H33N5O+2. The van der Waals surface area contributed by atoms with E-state index in [2.05, 4.69) is 42.4 Å². The SMILES string of the molecule is [2H]c1c([2H])c(C([2H])([2H])[2H])c([2H])c([2H])c1[N+]1=C=[N+](c2cccc(Oc3ccc4c5ccncc5n(-c5cc(C(C)(C)C)ccn5)c4c3)c2)c2ccccc21. The minimum Gasteiger partial charge on any atom is -0.457 e. The van der Waals surface area contributed by atoms with Gasteiger partial charge in [0.15, 0.2) is 0 Å². The first-order valence-corrected chi connectivity index (χ1v) is 14.9. The van der Waals surface area contributed by atoms with Gasteiger partial charge in [0.2, 0.25) is 11.4 Å². The van der Waals surface area contributed by atoms with Crippen LogP contribution in [0.3, 0.4) is 0 Å². The number of ether oxygens (including phenoxy) is 1. The summed E-state index contributed by atoms with van der Waals surface area (Å²) in [6.07, 6.45) is 5.47. The second-order valence-electron chi connectivity index (χ2n) is 12.1. The summed E-state index contributed by atoms with van der Waals surface area (Å²) in [5.41, 5.74) is 4.11. The monoisotopic (exact) mass is 606 g/mol. The molecule has 0 aliphatic carbocycles. The van der Waals surface area contributed by atoms with Crippen LogP contribution < -0.4 is 13.9 Å². The Kier molecular flexibility index (Phi) is 4.86. The molecule has 222 valence electrons. The largest absolute Gasteiger partial charge is 0.503 e. The number of nitrogens with zero attached hydrogens (tertiary/aromatic N) is 5. The Labute approximate surface area is 277 Å². The van der Waals surface area contributed by atoms with E-state index in [1.807, 2.05) is 79.1 Å². The first-order valence-electron chi connectivity index (χ1n) is 18.4. The van der Waals surface area contributed by atoms with Gasteiger partial charge < -0.3 is 4.74 Å². The van der Waals surface area contributed by atoms with E-state index in [1.165, 1.54) is 4.58 Å². The Morgan fingerprint density at radius 2 is 1.52 bits per heavy atom. The Hall–Kier alpha value is -5.84. The van der Waals surface area contributed by atoms with Crippen molar-refractivity contribution in [3.63, 3.8) is 0 Å². The van der Waals surface area contributed by atoms with Crippen molar-refractivity contribution in [2.45, 2.75) is 33.0 Å². The van der Waals surface area contributed by atoms with Gasteiger partial charge in [-0.3, -0.25) is 9.55 Å². The molecule has 0 fully saturated rings. The smallest absolute Gasteiger partial charge is 0.457 e. The molecule has 0 spiro atoms. The maximum Gasteiger partial charge on any atom is 0.503 e. The van der Waals surface area contributed by atoms with Crippen molar-refractivity contribution in [3.05, 3.63) is 139 Å². The second-order valence-corrected chi connectivity index (χ2v) is 12.1. The average Bonchev–Trinajstić information content (AvgIpc) is 3.66. The summed E-state index contributed by atoms with van der Waals surface area (Å²) >= 11 is 0. The molecule has 0 amide bonds. The van der Waals surface area contributed by atoms with Crippen LogP contribution in [-0.4, -0.2) is 20.5 Å². The minimum atomic E-state index is -2.81. The molecule has 6 heteroatoms. The number of aromatic nitrogens is 3. The normalized spacial score (nSPS) is 15.2. The number of pyridine rings is 2. The van der Waals surface area contributed by atoms with Gasteiger partial charge in [-0.05, 0) is 63.4 Å². The molecular weight excluding hydrogens is 566 g/mol. The summed E-state index contributed by atoms with van der Waals surface area (Å²) in [5, 5.41) is 2.08. The van der Waals surface area contributed by atoms with E-state index >= 15 is 0 Å². The number of hydrogen-bond donors (Lipinski definition) is 0. The number of fused-ring (bicyclic) bond motifs is 4. The third kappa shape index (κ3) is 4.76. The van der Waals surface area contributed by atoms with Crippen molar-refractivity contribution in [2.24, 2.45) is 0 Å². The molecule has 0 bridgehead atoms. The number of hydrogen-bond acceptors (Lipinski definition) is 3. The topological polar surface area (TPSA) is 46.0 Å². The van der Waals surface area contributed by atoms with Crippen LogP contribution in [0.4, 0.5) is 22.7 Å². The van der Waals surface area contributed by atoms with Gasteiger partial charge in [-0.2, -0.15) is 0 Å². The van der Waals surface area contributed by atoms with Crippen LogP contribution in [0.25, 0.3) is 27.6 Å². The van der Waals surface area contributed by atoms with E-state index in [1.54, 1.807) is 22.9 Å². The molecule has 4 aromatic carbocycles. The van der Waals surface area contributed by atoms with Crippen molar-refractivity contribution >= 4 is 50.6 Å². The van der Waals surface area contributed by atoms with E-state index in [-0.39, 0.29) is 11.1 Å². The third-order valence-corrected chi connectivity index (χ3v) is 8.09. The molecule has 3 aromatic heterocycles. The highest BCUT2D eigenvalue weighted by atomic mass is 16.5. The fraction of sp³-hybridized carbons (Fsp3) is 0.125. The van der Waals surface area contributed by atoms with Crippen molar-refractivity contribution < 1.29 is 14.3 Å². The molecule has 6 nitrogen and oxygen atoms in total. The lowest BCUT2D eigenvalue weighted by Crippen LogP contribution is -2.12. The maximum atomic E-state index is 8.72. The Morgan fingerprint density at radius 1 is 0.761 bits per heavy atom. The maximum absolute atomic E-state index is 8.72. The van der Waals surface area contributed by atoms with Gasteiger partial charge in [0.05, 0.1) is 28.8 Å². The average molecular weight is 607 g/mol. The summed E-state index contributed by atoms with van der Waals surface area (Å²) < 4.78 is 69.5. The lowest BCUT2D eigenvalue weighted by molar-refractivity contribution is 0.483. The van der Waals surface area contributed by atoms with Gasteiger partial charge in [0, 0.05) is 63.6 Å². The predicted octanol–water partition coefficient (Wildman–Crippen LogP) is 9.83. The lowest BCUT2D eigenvalue weighted by atomic mass is 9.88. The zero-order chi connectivity index (χ0) is 37.4. The fourth-order valence-corrected chi connectivity index (χ4v) is 5.82. The van der Waals surface area contributed by atoms with Gasteiger partial charge >= 0.3 is 6.01 Å². The lowest BCUT2D eigenvalue weighted by Gasteiger charge is -2.20. The zero-order valence-electron chi connectivity index (χ0n) is 32.5. The minimum absolute atomic E-state index is 0.0673. The predicted molar refractivity (Wildman–Crippen MR) is 187 cm³/mol. The van der Waals surface area contributed by atoms with E-state index in [0.29, 0.717) is 28.6 Å². The molecule has 0 saturated carbocycles. The third-order valence-electron chi connectivity index (χ3n) is 8.09. The standard InChI is InChI=1S/C40H33N5O/c1-27-12-14-29(15-13-27)43-26-44(36-11-6-5-10-35(36)43)30-8-7-9-31(23-30)46-32-16-17-33-34-19-20-41-25-38(34)45(37(33)24-32)39-22-28(18-21-42-39)40(2,3)4/h5-25H,1-4H3/q+2/i1D3,12D,13D,14D,15D. The molecule has 46 heavy (non-hydrogen) atoms. The molecule has 0 radical (unpaired) electrons. The summed E-state index contributed by atoms with van der Waals surface area (Å²) in [6.45, 7) is 3.71. The van der Waals surface area contributed by atoms with Crippen molar-refractivity contribution in [3.8, 4) is 17.3 Å². The van der Waals surface area contributed by atoms with Crippen LogP contribution in [0.2, 0.25) is 0 Å². The van der Waals surface area contributed by atoms with Crippen molar-refractivity contribution in [1.82, 2.24) is 23.7 Å². The van der Waals surface area contributed by atoms with Crippen molar-refractivity contribution in [2.75, 3.05) is 0 Å². The van der Waals surface area contributed by atoms with Crippen LogP contribution in [0, 0.1) is 6.85 Å². The van der Waals surface area contributed by atoms with Crippen LogP contribution in [0.1, 0.15) is 41.5 Å². The zero-order valence-corrected chi connectivity index (χ0v) is 25.5. The van der Waals surface area contributed by atoms with Crippen LogP contribution >= 0.6 is 0 Å². The summed E-state index contributed by atoms with van der Waals surface area (Å²) in [7, 11) is 0. The highest BCUT2D eigenvalue weighted by Crippen LogP contribution is 2.38. The molecule has 0 N–H and O–H groups in total. The highest BCUT2D eigenvalue weighted by molar-refractivity contribution is 6.09. The van der Waals surface area contributed by atoms with Gasteiger partial charge in [-0.25, -0.2) is 4.98 Å². The molecule has 8 rings (SSSR count). The molecule has 7 aromatic rings. The van der Waals surface area contributed by atoms with Crippen molar-refractivity contribution in [1.29, 1.82) is 0 Å². The van der Waals surface area contributed by atoms with Gasteiger partial charge in [-0.15, -0.1) is 0 Å². The first kappa shape index (κ1) is 21.0. The molecule has 0 unspecified atom stereocenters. The van der Waals surface area contributed by atoms with Crippen LogP contribution in [0.15, 0.2) is 128 Å². The van der Waals surface area contributed by atoms with Crippen LogP contribution in [-0.2, 0) is 5.41 Å². The molecule has 0 atom stereocenters. The second kappa shape index (κ2) is 10.7. The van der Waals surface area contributed by atoms with E-state index in [0.717, 1.165) is 33.2 Å². The Morgan fingerprint density at radius 3 is 2.30 bits per heavy atom. The fourth-order valence-electron chi connectivity index (χ4n) is 5.82. The molecule has 1 aliphatic heterocycles. The van der Waals surface area contributed by atoms with E-state index in [9.17, 15) is 0 Å². The van der Waals surface area contributed by atoms with E-state index < -0.39 is 36.6 Å². The first-order chi connectivity index (χ1) is 25.2.